The van der Waals surface area contributed by atoms with E-state index in [1.54, 1.807) is 20.3 Å². The average molecular weight is 597 g/mol. The Labute approximate surface area is 256 Å². The smallest absolute Gasteiger partial charge is 0.247 e. The predicted molar refractivity (Wildman–Crippen MR) is 171 cm³/mol. The van der Waals surface area contributed by atoms with E-state index in [1.807, 2.05) is 56.5 Å². The molecule has 0 unspecified atom stereocenters. The first-order chi connectivity index (χ1) is 21.3. The third kappa shape index (κ3) is 6.15. The van der Waals surface area contributed by atoms with Gasteiger partial charge in [-0.15, -0.1) is 0 Å². The highest BCUT2D eigenvalue weighted by Gasteiger charge is 2.25. The molecule has 12 heteroatoms. The SMILES string of the molecule is C=CC(=O)Nc1cc(Nc2ncc(C#N)c(-c3cn(C4COC4)c4cc(OC)ccc34)n2)c(OC)cc1N(C)CCN(C)C. The molecule has 3 heterocycles. The van der Waals surface area contributed by atoms with Crippen molar-refractivity contribution >= 4 is 39.8 Å². The topological polar surface area (TPSA) is 130 Å². The van der Waals surface area contributed by atoms with Crippen LogP contribution in [0.1, 0.15) is 11.6 Å². The van der Waals surface area contributed by atoms with Gasteiger partial charge < -0.3 is 39.2 Å². The van der Waals surface area contributed by atoms with Gasteiger partial charge in [-0.25, -0.2) is 9.97 Å². The van der Waals surface area contributed by atoms with Crippen LogP contribution in [0.4, 0.5) is 23.0 Å². The summed E-state index contributed by atoms with van der Waals surface area (Å²) in [4.78, 5) is 25.7. The van der Waals surface area contributed by atoms with Crippen molar-refractivity contribution < 1.29 is 19.0 Å². The Bertz CT molecular complexity index is 1740. The normalized spacial score (nSPS) is 12.8. The van der Waals surface area contributed by atoms with Crippen molar-refractivity contribution in [3.63, 3.8) is 0 Å². The van der Waals surface area contributed by atoms with E-state index in [0.717, 1.165) is 34.4 Å². The number of hydrogen-bond acceptors (Lipinski definition) is 10. The molecule has 1 aliphatic heterocycles. The number of aromatic nitrogens is 3. The highest BCUT2D eigenvalue weighted by atomic mass is 16.5. The fourth-order valence-corrected chi connectivity index (χ4v) is 4.99. The minimum absolute atomic E-state index is 0.172. The first kappa shape index (κ1) is 30.3. The maximum atomic E-state index is 12.4. The van der Waals surface area contributed by atoms with Crippen LogP contribution in [0.2, 0.25) is 0 Å². The van der Waals surface area contributed by atoms with Gasteiger partial charge in [0.1, 0.15) is 17.6 Å². The lowest BCUT2D eigenvalue weighted by Gasteiger charge is -2.28. The van der Waals surface area contributed by atoms with Crippen LogP contribution in [0.3, 0.4) is 0 Å². The van der Waals surface area contributed by atoms with Crippen molar-refractivity contribution in [2.45, 2.75) is 6.04 Å². The molecule has 2 N–H and O–H groups in total. The van der Waals surface area contributed by atoms with Crippen LogP contribution in [0.25, 0.3) is 22.2 Å². The molecule has 5 rings (SSSR count). The second kappa shape index (κ2) is 13.0. The van der Waals surface area contributed by atoms with Gasteiger partial charge in [0.25, 0.3) is 0 Å². The zero-order valence-corrected chi connectivity index (χ0v) is 25.5. The number of carbonyl (C=O) groups is 1. The molecule has 0 spiro atoms. The van der Waals surface area contributed by atoms with E-state index in [0.29, 0.717) is 48.1 Å². The maximum Gasteiger partial charge on any atom is 0.247 e. The first-order valence-electron chi connectivity index (χ1n) is 14.1. The molecule has 1 saturated heterocycles. The number of ether oxygens (including phenoxy) is 3. The van der Waals surface area contributed by atoms with Crippen molar-refractivity contribution in [2.24, 2.45) is 0 Å². The van der Waals surface area contributed by atoms with Crippen LogP contribution < -0.4 is 25.0 Å². The van der Waals surface area contributed by atoms with Crippen molar-refractivity contribution in [2.75, 3.05) is 77.2 Å². The molecule has 1 aliphatic rings. The van der Waals surface area contributed by atoms with Gasteiger partial charge in [0, 0.05) is 49.4 Å². The van der Waals surface area contributed by atoms with E-state index in [2.05, 4.69) is 37.7 Å². The number of amides is 1. The Balaban J connectivity index is 1.57. The second-order valence-electron chi connectivity index (χ2n) is 10.7. The lowest BCUT2D eigenvalue weighted by molar-refractivity contribution is -0.111. The van der Waals surface area contributed by atoms with Crippen LogP contribution in [0.15, 0.2) is 55.4 Å². The summed E-state index contributed by atoms with van der Waals surface area (Å²) in [5.74, 6) is 1.17. The summed E-state index contributed by atoms with van der Waals surface area (Å²) in [5.41, 5.74) is 4.44. The number of anilines is 4. The molecule has 44 heavy (non-hydrogen) atoms. The monoisotopic (exact) mass is 596 g/mol. The molecule has 4 aromatic rings. The van der Waals surface area contributed by atoms with Crippen LogP contribution in [0, 0.1) is 11.3 Å². The number of likely N-dealkylation sites (N-methyl/N-ethyl adjacent to an activating group) is 2. The van der Waals surface area contributed by atoms with E-state index >= 15 is 0 Å². The van der Waals surface area contributed by atoms with Gasteiger partial charge in [0.2, 0.25) is 11.9 Å². The minimum atomic E-state index is -0.342. The number of nitriles is 1. The highest BCUT2D eigenvalue weighted by Crippen LogP contribution is 2.40. The summed E-state index contributed by atoms with van der Waals surface area (Å²) in [6.07, 6.45) is 4.73. The summed E-state index contributed by atoms with van der Waals surface area (Å²) in [6, 6.07) is 11.9. The summed E-state index contributed by atoms with van der Waals surface area (Å²) in [7, 11) is 9.17. The van der Waals surface area contributed by atoms with Crippen LogP contribution in [-0.2, 0) is 9.53 Å². The highest BCUT2D eigenvalue weighted by molar-refractivity contribution is 6.02. The van der Waals surface area contributed by atoms with Crippen molar-refractivity contribution in [3.8, 4) is 28.8 Å². The Kier molecular flexibility index (Phi) is 8.99. The molecule has 1 fully saturated rings. The van der Waals surface area contributed by atoms with E-state index < -0.39 is 0 Å². The molecular weight excluding hydrogens is 560 g/mol. The number of carbonyl (C=O) groups excluding carboxylic acids is 1. The van der Waals surface area contributed by atoms with Crippen LogP contribution >= 0.6 is 0 Å². The number of rotatable bonds is 12. The number of methoxy groups -OCH3 is 2. The van der Waals surface area contributed by atoms with Crippen molar-refractivity contribution in [1.82, 2.24) is 19.4 Å². The summed E-state index contributed by atoms with van der Waals surface area (Å²) in [6.45, 7) is 6.32. The van der Waals surface area contributed by atoms with E-state index in [9.17, 15) is 10.1 Å². The summed E-state index contributed by atoms with van der Waals surface area (Å²) in [5, 5.41) is 17.1. The summed E-state index contributed by atoms with van der Waals surface area (Å²) < 4.78 is 18.8. The van der Waals surface area contributed by atoms with Gasteiger partial charge in [-0.1, -0.05) is 6.58 Å². The lowest BCUT2D eigenvalue weighted by Crippen LogP contribution is -2.30. The molecule has 2 aromatic carbocycles. The molecule has 12 nitrogen and oxygen atoms in total. The molecule has 2 aromatic heterocycles. The molecule has 0 atom stereocenters. The van der Waals surface area contributed by atoms with Crippen LogP contribution in [-0.4, -0.2) is 87.0 Å². The molecule has 0 saturated carbocycles. The Hall–Kier alpha value is -5.12. The Morgan fingerprint density at radius 3 is 2.61 bits per heavy atom. The zero-order chi connectivity index (χ0) is 31.4. The summed E-state index contributed by atoms with van der Waals surface area (Å²) >= 11 is 0. The Morgan fingerprint density at radius 2 is 1.98 bits per heavy atom. The third-order valence-corrected chi connectivity index (χ3v) is 7.52. The van der Waals surface area contributed by atoms with E-state index in [4.69, 9.17) is 19.2 Å². The fraction of sp³-hybridized carbons (Fsp3) is 0.312. The van der Waals surface area contributed by atoms with E-state index in [-0.39, 0.29) is 17.9 Å². The number of nitrogens with one attached hydrogen (secondary N) is 2. The minimum Gasteiger partial charge on any atom is -0.497 e. The quantitative estimate of drug-likeness (QED) is 0.227. The molecular formula is C32H36N8O4. The van der Waals surface area contributed by atoms with Gasteiger partial charge >= 0.3 is 0 Å². The average Bonchev–Trinajstić information content (AvgIpc) is 3.36. The van der Waals surface area contributed by atoms with Gasteiger partial charge in [0.05, 0.1) is 73.5 Å². The molecule has 0 radical (unpaired) electrons. The molecule has 228 valence electrons. The van der Waals surface area contributed by atoms with Gasteiger partial charge in [0.15, 0.2) is 0 Å². The molecule has 0 bridgehead atoms. The Morgan fingerprint density at radius 1 is 1.18 bits per heavy atom. The second-order valence-corrected chi connectivity index (χ2v) is 10.7. The number of benzene rings is 2. The van der Waals surface area contributed by atoms with Gasteiger partial charge in [-0.3, -0.25) is 4.79 Å². The lowest BCUT2D eigenvalue weighted by atomic mass is 10.1. The molecule has 1 amide bonds. The van der Waals surface area contributed by atoms with Crippen molar-refractivity contribution in [3.05, 3.63) is 60.9 Å². The maximum absolute atomic E-state index is 12.4. The number of nitrogens with zero attached hydrogens (tertiary/aromatic N) is 6. The number of hydrogen-bond donors (Lipinski definition) is 2. The number of fused-ring (bicyclic) bond motifs is 1. The van der Waals surface area contributed by atoms with Gasteiger partial charge in [-0.2, -0.15) is 5.26 Å². The standard InChI is InChI=1S/C32H36N8O4/c1-7-30(41)35-25-13-26(29(43-6)14-28(25)39(4)11-10-38(2)3)36-32-34-16-20(15-33)31(37-32)24-17-40(21-18-44-19-21)27-12-22(42-5)8-9-23(24)27/h7-9,12-14,16-17,21H,1,10-11,18-19H2,2-6H3,(H,35,41)(H,34,36,37). The zero-order valence-electron chi connectivity index (χ0n) is 25.5. The van der Waals surface area contributed by atoms with E-state index in [1.165, 1.54) is 12.3 Å². The largest absolute Gasteiger partial charge is 0.497 e. The van der Waals surface area contributed by atoms with Crippen molar-refractivity contribution in [1.29, 1.82) is 5.26 Å². The third-order valence-electron chi connectivity index (χ3n) is 7.52. The van der Waals surface area contributed by atoms with Crippen LogP contribution in [0.5, 0.6) is 11.5 Å². The first-order valence-corrected chi connectivity index (χ1v) is 14.1. The predicted octanol–water partition coefficient (Wildman–Crippen LogP) is 4.42. The fourth-order valence-electron chi connectivity index (χ4n) is 4.99. The molecule has 0 aliphatic carbocycles. The van der Waals surface area contributed by atoms with Gasteiger partial charge in [-0.05, 0) is 38.4 Å².